The third kappa shape index (κ3) is 1.55. The number of rotatable bonds is 1. The van der Waals surface area contributed by atoms with Crippen molar-refractivity contribution in [3.8, 4) is 10.8 Å². The minimum absolute atomic E-state index is 0.632. The summed E-state index contributed by atoms with van der Waals surface area (Å²) in [5, 5.41) is 7.72. The fourth-order valence-electron chi connectivity index (χ4n) is 2.43. The maximum atomic E-state index is 4.68. The van der Waals surface area contributed by atoms with E-state index in [9.17, 15) is 0 Å². The van der Waals surface area contributed by atoms with Crippen molar-refractivity contribution in [3.63, 3.8) is 0 Å². The van der Waals surface area contributed by atoms with Gasteiger partial charge in [-0.1, -0.05) is 13.8 Å². The highest BCUT2D eigenvalue weighted by Crippen LogP contribution is 2.39. The van der Waals surface area contributed by atoms with Crippen molar-refractivity contribution in [3.05, 3.63) is 16.9 Å². The number of aromatic nitrogens is 4. The molecule has 0 amide bonds. The van der Waals surface area contributed by atoms with E-state index in [1.165, 1.54) is 23.3 Å². The number of thiazole rings is 1. The molecular formula is C11H14N4S. The van der Waals surface area contributed by atoms with E-state index in [0.717, 1.165) is 23.2 Å². The minimum atomic E-state index is 0.632. The normalized spacial score (nSPS) is 24.4. The van der Waals surface area contributed by atoms with Crippen LogP contribution in [-0.2, 0) is 6.42 Å². The zero-order valence-electron chi connectivity index (χ0n) is 9.40. The Morgan fingerprint density at radius 1 is 1.44 bits per heavy atom. The highest BCUT2D eigenvalue weighted by atomic mass is 32.1. The van der Waals surface area contributed by atoms with Gasteiger partial charge in [0.25, 0.3) is 0 Å². The lowest BCUT2D eigenvalue weighted by molar-refractivity contribution is 0.450. The van der Waals surface area contributed by atoms with Gasteiger partial charge in [-0.05, 0) is 24.7 Å². The summed E-state index contributed by atoms with van der Waals surface area (Å²) in [7, 11) is 0. The Kier molecular flexibility index (Phi) is 2.28. The lowest BCUT2D eigenvalue weighted by Crippen LogP contribution is -2.12. The van der Waals surface area contributed by atoms with Crippen LogP contribution < -0.4 is 0 Å². The molecule has 0 saturated heterocycles. The summed E-state index contributed by atoms with van der Waals surface area (Å²) < 4.78 is 0. The van der Waals surface area contributed by atoms with Crippen molar-refractivity contribution in [1.82, 2.24) is 20.2 Å². The van der Waals surface area contributed by atoms with Crippen molar-refractivity contribution in [1.29, 1.82) is 0 Å². The fraction of sp³-hybridized carbons (Fsp3) is 0.545. The second kappa shape index (κ2) is 3.66. The van der Waals surface area contributed by atoms with Gasteiger partial charge in [0.05, 0.1) is 5.69 Å². The quantitative estimate of drug-likeness (QED) is 0.825. The zero-order valence-corrected chi connectivity index (χ0v) is 10.2. The van der Waals surface area contributed by atoms with Crippen LogP contribution in [0.2, 0.25) is 0 Å². The molecule has 4 nitrogen and oxygen atoms in total. The van der Waals surface area contributed by atoms with E-state index in [2.05, 4.69) is 34.0 Å². The molecule has 0 aromatic carbocycles. The lowest BCUT2D eigenvalue weighted by Gasteiger charge is -2.22. The number of nitrogens with zero attached hydrogens (tertiary/aromatic N) is 3. The molecule has 84 valence electrons. The molecule has 2 unspecified atom stereocenters. The number of H-pyrrole nitrogens is 1. The molecule has 0 radical (unpaired) electrons. The molecule has 1 N–H and O–H groups in total. The van der Waals surface area contributed by atoms with Crippen LogP contribution in [0, 0.1) is 5.92 Å². The van der Waals surface area contributed by atoms with Crippen molar-refractivity contribution in [2.75, 3.05) is 0 Å². The van der Waals surface area contributed by atoms with E-state index >= 15 is 0 Å². The van der Waals surface area contributed by atoms with Crippen molar-refractivity contribution in [2.45, 2.75) is 32.6 Å². The first kappa shape index (κ1) is 9.96. The molecule has 0 spiro atoms. The summed E-state index contributed by atoms with van der Waals surface area (Å²) in [5.74, 6) is 2.17. The van der Waals surface area contributed by atoms with Gasteiger partial charge < -0.3 is 0 Å². The van der Waals surface area contributed by atoms with Gasteiger partial charge in [0.1, 0.15) is 6.33 Å². The molecule has 1 aliphatic rings. The Balaban J connectivity index is 2.03. The summed E-state index contributed by atoms with van der Waals surface area (Å²) >= 11 is 1.76. The molecule has 3 rings (SSSR count). The molecule has 0 fully saturated rings. The third-order valence-corrected chi connectivity index (χ3v) is 4.43. The van der Waals surface area contributed by atoms with E-state index in [-0.39, 0.29) is 0 Å². The molecule has 0 aliphatic heterocycles. The van der Waals surface area contributed by atoms with Gasteiger partial charge in [-0.2, -0.15) is 5.10 Å². The van der Waals surface area contributed by atoms with Crippen molar-refractivity contribution < 1.29 is 0 Å². The number of aromatic amines is 1. The summed E-state index contributed by atoms with van der Waals surface area (Å²) in [6.45, 7) is 4.59. The van der Waals surface area contributed by atoms with E-state index in [1.807, 2.05) is 0 Å². The molecule has 2 aromatic heterocycles. The number of hydrogen-bond donors (Lipinski definition) is 1. The van der Waals surface area contributed by atoms with Crippen molar-refractivity contribution >= 4 is 11.3 Å². The van der Waals surface area contributed by atoms with Crippen LogP contribution in [0.15, 0.2) is 6.33 Å². The van der Waals surface area contributed by atoms with E-state index in [4.69, 9.17) is 0 Å². The fourth-order valence-corrected chi connectivity index (χ4v) is 3.53. The van der Waals surface area contributed by atoms with Gasteiger partial charge in [0, 0.05) is 4.88 Å². The van der Waals surface area contributed by atoms with Gasteiger partial charge in [0.15, 0.2) is 10.8 Å². The van der Waals surface area contributed by atoms with E-state index in [0.29, 0.717) is 5.92 Å². The predicted octanol–water partition coefficient (Wildman–Crippen LogP) is 2.61. The number of fused-ring (bicyclic) bond motifs is 1. The Bertz CT molecular complexity index is 488. The van der Waals surface area contributed by atoms with E-state index < -0.39 is 0 Å². The Hall–Kier alpha value is -1.23. The molecule has 2 heterocycles. The SMILES string of the molecule is CC1Cc2nc(-c3ncn[nH]3)sc2C(C)C1. The average molecular weight is 234 g/mol. The smallest absolute Gasteiger partial charge is 0.184 e. The largest absolute Gasteiger partial charge is 0.257 e. The van der Waals surface area contributed by atoms with Crippen LogP contribution in [0.1, 0.15) is 36.8 Å². The van der Waals surface area contributed by atoms with E-state index in [1.54, 1.807) is 11.3 Å². The van der Waals surface area contributed by atoms with Gasteiger partial charge in [-0.3, -0.25) is 5.10 Å². The molecular weight excluding hydrogens is 220 g/mol. The Morgan fingerprint density at radius 3 is 3.06 bits per heavy atom. The Morgan fingerprint density at radius 2 is 2.31 bits per heavy atom. The monoisotopic (exact) mass is 234 g/mol. The maximum absolute atomic E-state index is 4.68. The molecule has 1 aliphatic carbocycles. The van der Waals surface area contributed by atoms with Gasteiger partial charge in [-0.15, -0.1) is 11.3 Å². The maximum Gasteiger partial charge on any atom is 0.184 e. The summed E-state index contributed by atoms with van der Waals surface area (Å²) in [4.78, 5) is 10.3. The zero-order chi connectivity index (χ0) is 11.1. The van der Waals surface area contributed by atoms with Gasteiger partial charge >= 0.3 is 0 Å². The third-order valence-electron chi connectivity index (χ3n) is 3.09. The highest BCUT2D eigenvalue weighted by Gasteiger charge is 2.26. The number of nitrogens with one attached hydrogen (secondary N) is 1. The highest BCUT2D eigenvalue weighted by molar-refractivity contribution is 7.15. The van der Waals surface area contributed by atoms with Crippen LogP contribution in [0.25, 0.3) is 10.8 Å². The first-order valence-electron chi connectivity index (χ1n) is 5.59. The van der Waals surface area contributed by atoms with Crippen LogP contribution in [0.4, 0.5) is 0 Å². The van der Waals surface area contributed by atoms with Crippen molar-refractivity contribution in [2.24, 2.45) is 5.92 Å². The lowest BCUT2D eigenvalue weighted by atomic mass is 9.86. The summed E-state index contributed by atoms with van der Waals surface area (Å²) in [6, 6.07) is 0. The second-order valence-electron chi connectivity index (χ2n) is 4.61. The number of hydrogen-bond acceptors (Lipinski definition) is 4. The average Bonchev–Trinajstić information content (AvgIpc) is 2.82. The Labute approximate surface area is 98.1 Å². The van der Waals surface area contributed by atoms with Crippen LogP contribution in [-0.4, -0.2) is 20.2 Å². The standard InChI is InChI=1S/C11H14N4S/c1-6-3-7(2)9-8(4-6)14-11(16-9)10-12-5-13-15-10/h5-7H,3-4H2,1-2H3,(H,12,13,15). The molecule has 5 heteroatoms. The first-order chi connectivity index (χ1) is 7.74. The molecule has 0 bridgehead atoms. The summed E-state index contributed by atoms with van der Waals surface area (Å²) in [5.41, 5.74) is 1.27. The topological polar surface area (TPSA) is 54.5 Å². The molecule has 0 saturated carbocycles. The molecule has 2 aromatic rings. The first-order valence-corrected chi connectivity index (χ1v) is 6.41. The van der Waals surface area contributed by atoms with Crippen LogP contribution in [0.3, 0.4) is 0 Å². The van der Waals surface area contributed by atoms with Crippen LogP contribution >= 0.6 is 11.3 Å². The molecule has 2 atom stereocenters. The van der Waals surface area contributed by atoms with Gasteiger partial charge in [0.2, 0.25) is 0 Å². The second-order valence-corrected chi connectivity index (χ2v) is 5.64. The van der Waals surface area contributed by atoms with Gasteiger partial charge in [-0.25, -0.2) is 9.97 Å². The predicted molar refractivity (Wildman–Crippen MR) is 63.4 cm³/mol. The minimum Gasteiger partial charge on any atom is -0.257 e. The summed E-state index contributed by atoms with van der Waals surface area (Å²) in [6.07, 6.45) is 3.90. The van der Waals surface area contributed by atoms with Crippen LogP contribution in [0.5, 0.6) is 0 Å². The molecule has 16 heavy (non-hydrogen) atoms.